The molecule has 0 atom stereocenters. The molecule has 0 bridgehead atoms. The van der Waals surface area contributed by atoms with E-state index >= 15 is 0 Å². The maximum atomic E-state index is 13.6. The summed E-state index contributed by atoms with van der Waals surface area (Å²) in [5.41, 5.74) is 6.36. The first kappa shape index (κ1) is 22.8. The van der Waals surface area contributed by atoms with E-state index in [0.29, 0.717) is 13.1 Å². The lowest BCUT2D eigenvalue weighted by Crippen LogP contribution is -2.38. The van der Waals surface area contributed by atoms with Gasteiger partial charge in [-0.3, -0.25) is 0 Å². The van der Waals surface area contributed by atoms with E-state index in [4.69, 9.17) is 0 Å². The van der Waals surface area contributed by atoms with Gasteiger partial charge < -0.3 is 4.57 Å². The number of aryl methyl sites for hydroxylation is 1. The van der Waals surface area contributed by atoms with Crippen molar-refractivity contribution in [3.63, 3.8) is 0 Å². The third kappa shape index (κ3) is 4.05. The maximum Gasteiger partial charge on any atom is 0.243 e. The molecule has 0 amide bonds. The lowest BCUT2D eigenvalue weighted by molar-refractivity contribution is 0.319. The molecule has 0 unspecified atom stereocenters. The molecule has 6 heteroatoms. The highest BCUT2D eigenvalue weighted by Gasteiger charge is 2.32. The first-order chi connectivity index (χ1) is 16.4. The minimum atomic E-state index is -3.69. The van der Waals surface area contributed by atoms with E-state index in [2.05, 4.69) is 66.9 Å². The van der Waals surface area contributed by atoms with Crippen LogP contribution in [0, 0.1) is 19.7 Å². The van der Waals surface area contributed by atoms with Gasteiger partial charge in [0.15, 0.2) is 0 Å². The highest BCUT2D eigenvalue weighted by Crippen LogP contribution is 2.38. The molecule has 0 spiro atoms. The van der Waals surface area contributed by atoms with E-state index in [1.165, 1.54) is 55.8 Å². The fourth-order valence-electron chi connectivity index (χ4n) is 5.30. The zero-order valence-corrected chi connectivity index (χ0v) is 20.4. The van der Waals surface area contributed by atoms with Crippen LogP contribution in [0.1, 0.15) is 41.1 Å². The molecule has 0 N–H and O–H groups in total. The van der Waals surface area contributed by atoms with Crippen molar-refractivity contribution in [2.75, 3.05) is 13.1 Å². The van der Waals surface area contributed by atoms with Crippen LogP contribution in [0.2, 0.25) is 0 Å². The van der Waals surface area contributed by atoms with Crippen molar-refractivity contribution >= 4 is 20.9 Å². The topological polar surface area (TPSA) is 42.3 Å². The Bertz CT molecular complexity index is 1450. The van der Waals surface area contributed by atoms with E-state index in [1.807, 2.05) is 0 Å². The SMILES string of the molecule is Cc1ccccc1Cn1c(C)c(C2CCN(S(=O)(=O)c3cccc(F)c3)CC2)c2ccccc21. The van der Waals surface area contributed by atoms with Crippen molar-refractivity contribution in [1.82, 2.24) is 8.87 Å². The Morgan fingerprint density at radius 3 is 2.35 bits per heavy atom. The summed E-state index contributed by atoms with van der Waals surface area (Å²) in [6, 6.07) is 22.3. The highest BCUT2D eigenvalue weighted by atomic mass is 32.2. The second-order valence-corrected chi connectivity index (χ2v) is 11.1. The summed E-state index contributed by atoms with van der Waals surface area (Å²) in [5.74, 6) is -0.255. The molecule has 4 nitrogen and oxygen atoms in total. The van der Waals surface area contributed by atoms with Crippen molar-refractivity contribution in [2.45, 2.75) is 44.0 Å². The van der Waals surface area contributed by atoms with Gasteiger partial charge in [-0.05, 0) is 73.6 Å². The highest BCUT2D eigenvalue weighted by molar-refractivity contribution is 7.89. The van der Waals surface area contributed by atoms with Crippen molar-refractivity contribution < 1.29 is 12.8 Å². The number of hydrogen-bond donors (Lipinski definition) is 0. The number of para-hydroxylation sites is 1. The number of piperidine rings is 1. The molecule has 0 aliphatic carbocycles. The van der Waals surface area contributed by atoms with Crippen molar-refractivity contribution in [3.8, 4) is 0 Å². The first-order valence-corrected chi connectivity index (χ1v) is 13.2. The summed E-state index contributed by atoms with van der Waals surface area (Å²) >= 11 is 0. The van der Waals surface area contributed by atoms with E-state index in [9.17, 15) is 12.8 Å². The maximum absolute atomic E-state index is 13.6. The van der Waals surface area contributed by atoms with Gasteiger partial charge in [0.05, 0.1) is 4.90 Å². The Morgan fingerprint density at radius 1 is 0.912 bits per heavy atom. The van der Waals surface area contributed by atoms with Crippen molar-refractivity contribution in [3.05, 3.63) is 101 Å². The molecular weight excluding hydrogens is 447 g/mol. The fraction of sp³-hybridized carbons (Fsp3) is 0.286. The molecule has 3 aromatic carbocycles. The molecular formula is C28H29FN2O2S. The number of benzene rings is 3. The smallest absolute Gasteiger partial charge is 0.243 e. The monoisotopic (exact) mass is 476 g/mol. The predicted octanol–water partition coefficient (Wildman–Crippen LogP) is 6.01. The summed E-state index contributed by atoms with van der Waals surface area (Å²) in [5, 5.41) is 1.25. The normalized spacial score (nSPS) is 15.7. The molecule has 34 heavy (non-hydrogen) atoms. The van der Waals surface area contributed by atoms with E-state index in [1.54, 1.807) is 0 Å². The van der Waals surface area contributed by atoms with Crippen LogP contribution in [0.4, 0.5) is 4.39 Å². The standard InChI is InChI=1S/C28H29FN2O2S/c1-20-8-3-4-9-23(20)19-31-21(2)28(26-12-5-6-13-27(26)31)22-14-16-30(17-15-22)34(32,33)25-11-7-10-24(29)18-25/h3-13,18,22H,14-17,19H2,1-2H3. The fourth-order valence-corrected chi connectivity index (χ4v) is 6.80. The molecule has 1 aliphatic heterocycles. The lowest BCUT2D eigenvalue weighted by atomic mass is 9.88. The van der Waals surface area contributed by atoms with Crippen molar-refractivity contribution in [2.24, 2.45) is 0 Å². The molecule has 5 rings (SSSR count). The molecule has 0 saturated carbocycles. The molecule has 0 radical (unpaired) electrons. The predicted molar refractivity (Wildman–Crippen MR) is 134 cm³/mol. The number of rotatable bonds is 5. The number of fused-ring (bicyclic) bond motifs is 1. The Morgan fingerprint density at radius 2 is 1.62 bits per heavy atom. The van der Waals surface area contributed by atoms with Crippen LogP contribution < -0.4 is 0 Å². The number of hydrogen-bond acceptors (Lipinski definition) is 2. The lowest BCUT2D eigenvalue weighted by Gasteiger charge is -2.31. The van der Waals surface area contributed by atoms with Crippen LogP contribution in [-0.4, -0.2) is 30.4 Å². The summed E-state index contributed by atoms with van der Waals surface area (Å²) in [6.07, 6.45) is 1.49. The van der Waals surface area contributed by atoms with E-state index in [-0.39, 0.29) is 10.8 Å². The summed E-state index contributed by atoms with van der Waals surface area (Å²) in [7, 11) is -3.69. The van der Waals surface area contributed by atoms with Gasteiger partial charge in [0.25, 0.3) is 0 Å². The van der Waals surface area contributed by atoms with E-state index in [0.717, 1.165) is 25.5 Å². The van der Waals surface area contributed by atoms with Crippen molar-refractivity contribution in [1.29, 1.82) is 0 Å². The van der Waals surface area contributed by atoms with Crippen LogP contribution in [-0.2, 0) is 16.6 Å². The average molecular weight is 477 g/mol. The Hall–Kier alpha value is -2.96. The van der Waals surface area contributed by atoms with E-state index < -0.39 is 15.8 Å². The van der Waals surface area contributed by atoms with Crippen LogP contribution in [0.3, 0.4) is 0 Å². The quantitative estimate of drug-likeness (QED) is 0.354. The zero-order chi connectivity index (χ0) is 23.9. The molecule has 2 heterocycles. The Balaban J connectivity index is 1.44. The summed E-state index contributed by atoms with van der Waals surface area (Å²) < 4.78 is 43.6. The van der Waals surface area contributed by atoms with Crippen LogP contribution in [0.15, 0.2) is 77.7 Å². The number of aromatic nitrogens is 1. The molecule has 1 aliphatic rings. The summed E-state index contributed by atoms with van der Waals surface area (Å²) in [6.45, 7) is 6.00. The van der Waals surface area contributed by atoms with Crippen LogP contribution in [0.25, 0.3) is 10.9 Å². The molecule has 1 fully saturated rings. The summed E-state index contributed by atoms with van der Waals surface area (Å²) in [4.78, 5) is 0.0250. The minimum absolute atomic E-state index is 0.0250. The van der Waals surface area contributed by atoms with Crippen LogP contribution in [0.5, 0.6) is 0 Å². The number of sulfonamides is 1. The zero-order valence-electron chi connectivity index (χ0n) is 19.5. The second kappa shape index (κ2) is 9.01. The molecule has 1 saturated heterocycles. The molecule has 1 aromatic heterocycles. The van der Waals surface area contributed by atoms with Crippen LogP contribution >= 0.6 is 0 Å². The van der Waals surface area contributed by atoms with Gasteiger partial charge in [-0.25, -0.2) is 12.8 Å². The Kier molecular flexibility index (Phi) is 6.04. The van der Waals surface area contributed by atoms with Gasteiger partial charge in [-0.1, -0.05) is 48.5 Å². The second-order valence-electron chi connectivity index (χ2n) is 9.16. The average Bonchev–Trinajstić information content (AvgIpc) is 3.12. The number of halogens is 1. The molecule has 176 valence electrons. The third-order valence-corrected chi connectivity index (χ3v) is 9.06. The van der Waals surface area contributed by atoms with Gasteiger partial charge in [0, 0.05) is 36.2 Å². The van der Waals surface area contributed by atoms with Gasteiger partial charge in [-0.15, -0.1) is 0 Å². The Labute approximate surface area is 200 Å². The minimum Gasteiger partial charge on any atom is -0.340 e. The third-order valence-electron chi connectivity index (χ3n) is 7.17. The van der Waals surface area contributed by atoms with Gasteiger partial charge in [0.2, 0.25) is 10.0 Å². The van der Waals surface area contributed by atoms with Gasteiger partial charge in [0.1, 0.15) is 5.82 Å². The largest absolute Gasteiger partial charge is 0.340 e. The van der Waals surface area contributed by atoms with Gasteiger partial charge in [-0.2, -0.15) is 4.31 Å². The molecule has 4 aromatic rings. The number of nitrogens with zero attached hydrogens (tertiary/aromatic N) is 2. The first-order valence-electron chi connectivity index (χ1n) is 11.7. The van der Waals surface area contributed by atoms with Gasteiger partial charge >= 0.3 is 0 Å².